The summed E-state index contributed by atoms with van der Waals surface area (Å²) in [7, 11) is 0. The average Bonchev–Trinajstić information content (AvgIpc) is 3.03. The summed E-state index contributed by atoms with van der Waals surface area (Å²) in [4.78, 5) is 4.89. The smallest absolute Gasteiger partial charge is 0.117 e. The van der Waals surface area contributed by atoms with E-state index < -0.39 is 0 Å². The Bertz CT molecular complexity index is 550. The van der Waals surface area contributed by atoms with E-state index in [4.69, 9.17) is 10.7 Å². The van der Waals surface area contributed by atoms with E-state index in [2.05, 4.69) is 35.8 Å². The van der Waals surface area contributed by atoms with Gasteiger partial charge in [-0.2, -0.15) is 0 Å². The Labute approximate surface area is 108 Å². The quantitative estimate of drug-likeness (QED) is 0.901. The van der Waals surface area contributed by atoms with Crippen molar-refractivity contribution in [3.63, 3.8) is 0 Å². The molecule has 0 unspecified atom stereocenters. The van der Waals surface area contributed by atoms with Crippen molar-refractivity contribution in [2.45, 2.75) is 44.6 Å². The van der Waals surface area contributed by atoms with Crippen molar-refractivity contribution in [3.8, 4) is 0 Å². The van der Waals surface area contributed by atoms with E-state index in [1.54, 1.807) is 0 Å². The summed E-state index contributed by atoms with van der Waals surface area (Å²) < 4.78 is 2.35. The number of aryl methyl sites for hydroxylation is 1. The van der Waals surface area contributed by atoms with Gasteiger partial charge in [-0.05, 0) is 31.9 Å². The first kappa shape index (κ1) is 11.7. The molecule has 3 nitrogen and oxygen atoms in total. The summed E-state index contributed by atoms with van der Waals surface area (Å²) in [6, 6.07) is 8.41. The van der Waals surface area contributed by atoms with Gasteiger partial charge in [0.05, 0.1) is 11.0 Å². The second-order valence-electron chi connectivity index (χ2n) is 5.36. The summed E-state index contributed by atoms with van der Waals surface area (Å²) in [5, 5.41) is 0. The fourth-order valence-electron chi connectivity index (χ4n) is 3.37. The van der Waals surface area contributed by atoms with Gasteiger partial charge in [-0.25, -0.2) is 4.98 Å². The fraction of sp³-hybridized carbons (Fsp3) is 0.533. The molecule has 3 heteroatoms. The summed E-state index contributed by atoms with van der Waals surface area (Å²) in [5.74, 6) is 1.21. The van der Waals surface area contributed by atoms with E-state index >= 15 is 0 Å². The molecule has 0 amide bonds. The van der Waals surface area contributed by atoms with Crippen molar-refractivity contribution in [2.75, 3.05) is 6.54 Å². The van der Waals surface area contributed by atoms with Crippen LogP contribution in [0.25, 0.3) is 11.0 Å². The predicted molar refractivity (Wildman–Crippen MR) is 74.6 cm³/mol. The van der Waals surface area contributed by atoms with Crippen LogP contribution in [0.15, 0.2) is 24.3 Å². The SMILES string of the molecule is CCn1c(C2(CN)CCCC2)nc2ccccc21. The van der Waals surface area contributed by atoms with Gasteiger partial charge in [-0.1, -0.05) is 25.0 Å². The van der Waals surface area contributed by atoms with Gasteiger partial charge in [0.25, 0.3) is 0 Å². The van der Waals surface area contributed by atoms with Gasteiger partial charge >= 0.3 is 0 Å². The Morgan fingerprint density at radius 2 is 2.00 bits per heavy atom. The molecule has 0 radical (unpaired) electrons. The molecular formula is C15H21N3. The van der Waals surface area contributed by atoms with Crippen LogP contribution in [0.3, 0.4) is 0 Å². The van der Waals surface area contributed by atoms with Gasteiger partial charge in [0, 0.05) is 18.5 Å². The first-order valence-electron chi connectivity index (χ1n) is 6.96. The maximum Gasteiger partial charge on any atom is 0.117 e. The van der Waals surface area contributed by atoms with Crippen LogP contribution in [0.4, 0.5) is 0 Å². The van der Waals surface area contributed by atoms with Crippen LogP contribution in [0.2, 0.25) is 0 Å². The molecule has 0 spiro atoms. The second-order valence-corrected chi connectivity index (χ2v) is 5.36. The maximum absolute atomic E-state index is 6.09. The van der Waals surface area contributed by atoms with E-state index in [9.17, 15) is 0 Å². The lowest BCUT2D eigenvalue weighted by Crippen LogP contribution is -2.35. The van der Waals surface area contributed by atoms with Gasteiger partial charge in [-0.15, -0.1) is 0 Å². The number of benzene rings is 1. The lowest BCUT2D eigenvalue weighted by molar-refractivity contribution is 0.407. The van der Waals surface area contributed by atoms with E-state index in [-0.39, 0.29) is 5.41 Å². The zero-order valence-electron chi connectivity index (χ0n) is 11.0. The second kappa shape index (κ2) is 4.39. The Balaban J connectivity index is 2.21. The molecular weight excluding hydrogens is 222 g/mol. The number of nitrogens with zero attached hydrogens (tertiary/aromatic N) is 2. The minimum Gasteiger partial charge on any atom is -0.329 e. The number of hydrogen-bond acceptors (Lipinski definition) is 2. The number of aromatic nitrogens is 2. The highest BCUT2D eigenvalue weighted by Gasteiger charge is 2.38. The molecule has 0 atom stereocenters. The number of fused-ring (bicyclic) bond motifs is 1. The monoisotopic (exact) mass is 243 g/mol. The highest BCUT2D eigenvalue weighted by Crippen LogP contribution is 2.40. The number of para-hydroxylation sites is 2. The highest BCUT2D eigenvalue weighted by atomic mass is 15.1. The van der Waals surface area contributed by atoms with Gasteiger partial charge in [0.1, 0.15) is 5.82 Å². The van der Waals surface area contributed by atoms with Crippen LogP contribution in [-0.2, 0) is 12.0 Å². The Hall–Kier alpha value is -1.35. The molecule has 1 aromatic carbocycles. The van der Waals surface area contributed by atoms with E-state index in [1.165, 1.54) is 37.0 Å². The molecule has 1 aromatic heterocycles. The van der Waals surface area contributed by atoms with E-state index in [1.807, 2.05) is 0 Å². The Morgan fingerprint density at radius 3 is 2.67 bits per heavy atom. The molecule has 1 heterocycles. The third kappa shape index (κ3) is 1.57. The third-order valence-corrected chi connectivity index (χ3v) is 4.40. The predicted octanol–water partition coefficient (Wildman–Crippen LogP) is 2.83. The van der Waals surface area contributed by atoms with Crippen LogP contribution >= 0.6 is 0 Å². The first-order valence-corrected chi connectivity index (χ1v) is 6.96. The van der Waals surface area contributed by atoms with Crippen molar-refractivity contribution >= 4 is 11.0 Å². The van der Waals surface area contributed by atoms with Gasteiger partial charge in [0.15, 0.2) is 0 Å². The van der Waals surface area contributed by atoms with Gasteiger partial charge in [0.2, 0.25) is 0 Å². The minimum atomic E-state index is 0.120. The Kier molecular flexibility index (Phi) is 2.86. The van der Waals surface area contributed by atoms with E-state index in [0.29, 0.717) is 0 Å². The number of imidazole rings is 1. The zero-order chi connectivity index (χ0) is 12.6. The molecule has 96 valence electrons. The normalized spacial score (nSPS) is 18.6. The summed E-state index contributed by atoms with van der Waals surface area (Å²) in [5.41, 5.74) is 8.56. The molecule has 1 aliphatic rings. The van der Waals surface area contributed by atoms with Crippen LogP contribution in [0, 0.1) is 0 Å². The zero-order valence-corrected chi connectivity index (χ0v) is 11.0. The average molecular weight is 243 g/mol. The standard InChI is InChI=1S/C15H21N3/c1-2-18-13-8-4-3-7-12(13)17-14(18)15(11-16)9-5-6-10-15/h3-4,7-8H,2,5-6,9-11,16H2,1H3. The summed E-state index contributed by atoms with van der Waals surface area (Å²) in [6.45, 7) is 3.88. The maximum atomic E-state index is 6.09. The summed E-state index contributed by atoms with van der Waals surface area (Å²) >= 11 is 0. The molecule has 2 aromatic rings. The van der Waals surface area contributed by atoms with E-state index in [0.717, 1.165) is 18.6 Å². The van der Waals surface area contributed by atoms with Crippen molar-refractivity contribution in [3.05, 3.63) is 30.1 Å². The molecule has 0 bridgehead atoms. The van der Waals surface area contributed by atoms with Crippen LogP contribution in [0.1, 0.15) is 38.4 Å². The molecule has 1 saturated carbocycles. The topological polar surface area (TPSA) is 43.8 Å². The lowest BCUT2D eigenvalue weighted by Gasteiger charge is -2.27. The molecule has 3 rings (SSSR count). The molecule has 0 aliphatic heterocycles. The molecule has 1 aliphatic carbocycles. The third-order valence-electron chi connectivity index (χ3n) is 4.40. The van der Waals surface area contributed by atoms with Gasteiger partial charge in [-0.3, -0.25) is 0 Å². The molecule has 0 saturated heterocycles. The van der Waals surface area contributed by atoms with Crippen LogP contribution < -0.4 is 5.73 Å². The molecule has 18 heavy (non-hydrogen) atoms. The number of rotatable bonds is 3. The van der Waals surface area contributed by atoms with Crippen molar-refractivity contribution in [1.82, 2.24) is 9.55 Å². The fourth-order valence-corrected chi connectivity index (χ4v) is 3.37. The highest BCUT2D eigenvalue weighted by molar-refractivity contribution is 5.76. The molecule has 1 fully saturated rings. The first-order chi connectivity index (χ1) is 8.80. The van der Waals surface area contributed by atoms with Crippen molar-refractivity contribution in [1.29, 1.82) is 0 Å². The van der Waals surface area contributed by atoms with Gasteiger partial charge < -0.3 is 10.3 Å². The number of hydrogen-bond donors (Lipinski definition) is 1. The van der Waals surface area contributed by atoms with Crippen molar-refractivity contribution in [2.24, 2.45) is 5.73 Å². The molecule has 2 N–H and O–H groups in total. The summed E-state index contributed by atoms with van der Waals surface area (Å²) in [6.07, 6.45) is 4.94. The Morgan fingerprint density at radius 1 is 1.28 bits per heavy atom. The van der Waals surface area contributed by atoms with Crippen LogP contribution in [0.5, 0.6) is 0 Å². The van der Waals surface area contributed by atoms with Crippen LogP contribution in [-0.4, -0.2) is 16.1 Å². The minimum absolute atomic E-state index is 0.120. The number of nitrogens with two attached hydrogens (primary N) is 1. The largest absolute Gasteiger partial charge is 0.329 e. The van der Waals surface area contributed by atoms with Crippen molar-refractivity contribution < 1.29 is 0 Å². The lowest BCUT2D eigenvalue weighted by atomic mass is 9.85.